The highest BCUT2D eigenvalue weighted by Gasteiger charge is 2.28. The Balaban J connectivity index is 2.18. The van der Waals surface area contributed by atoms with Crippen molar-refractivity contribution in [3.05, 3.63) is 35.6 Å². The maximum atomic E-state index is 13.4. The van der Waals surface area contributed by atoms with E-state index in [0.717, 1.165) is 31.5 Å². The number of benzene rings is 1. The predicted octanol–water partition coefficient (Wildman–Crippen LogP) is 2.18. The molecule has 1 heterocycles. The number of rotatable bonds is 4. The second kappa shape index (κ2) is 6.61. The van der Waals surface area contributed by atoms with Gasteiger partial charge in [-0.1, -0.05) is 24.4 Å². The first-order valence-corrected chi connectivity index (χ1v) is 7.35. The van der Waals surface area contributed by atoms with Crippen LogP contribution in [0.25, 0.3) is 0 Å². The lowest BCUT2D eigenvalue weighted by Gasteiger charge is -2.39. The molecule has 0 saturated carbocycles. The van der Waals surface area contributed by atoms with Crippen LogP contribution in [0.5, 0.6) is 0 Å². The minimum absolute atomic E-state index is 0.200. The van der Waals surface area contributed by atoms with Crippen LogP contribution in [0.1, 0.15) is 24.4 Å². The third kappa shape index (κ3) is 3.53. The summed E-state index contributed by atoms with van der Waals surface area (Å²) in [4.78, 5) is 4.92. The topological polar surface area (TPSA) is 32.5 Å². The van der Waals surface area contributed by atoms with Crippen molar-refractivity contribution >= 4 is 17.2 Å². The number of likely N-dealkylation sites (N-methyl/N-ethyl adjacent to an activating group) is 1. The van der Waals surface area contributed by atoms with Gasteiger partial charge in [-0.25, -0.2) is 4.39 Å². The second-order valence-corrected chi connectivity index (χ2v) is 6.03. The van der Waals surface area contributed by atoms with Crippen molar-refractivity contribution in [1.82, 2.24) is 9.80 Å². The van der Waals surface area contributed by atoms with Gasteiger partial charge in [-0.3, -0.25) is 4.90 Å². The van der Waals surface area contributed by atoms with Gasteiger partial charge >= 0.3 is 0 Å². The van der Waals surface area contributed by atoms with Crippen molar-refractivity contribution in [2.75, 3.05) is 27.2 Å². The van der Waals surface area contributed by atoms with Gasteiger partial charge < -0.3 is 10.6 Å². The summed E-state index contributed by atoms with van der Waals surface area (Å²) in [5, 5.41) is 0. The van der Waals surface area contributed by atoms with E-state index < -0.39 is 0 Å². The molecule has 1 aromatic carbocycles. The van der Waals surface area contributed by atoms with Gasteiger partial charge in [-0.05, 0) is 57.7 Å². The van der Waals surface area contributed by atoms with E-state index in [1.165, 1.54) is 12.1 Å². The zero-order valence-corrected chi connectivity index (χ0v) is 12.9. The Morgan fingerprint density at radius 2 is 2.10 bits per heavy atom. The van der Waals surface area contributed by atoms with Crippen LogP contribution < -0.4 is 5.73 Å². The number of piperidine rings is 1. The smallest absolute Gasteiger partial charge is 0.123 e. The molecule has 0 aromatic heterocycles. The van der Waals surface area contributed by atoms with Gasteiger partial charge in [-0.2, -0.15) is 0 Å². The maximum absolute atomic E-state index is 13.4. The predicted molar refractivity (Wildman–Crippen MR) is 84.2 cm³/mol. The number of hydrogen-bond acceptors (Lipinski definition) is 3. The summed E-state index contributed by atoms with van der Waals surface area (Å²) in [7, 11) is 4.17. The first-order valence-electron chi connectivity index (χ1n) is 6.94. The molecule has 0 spiro atoms. The van der Waals surface area contributed by atoms with Crippen molar-refractivity contribution in [3.63, 3.8) is 0 Å². The molecule has 1 atom stereocenters. The van der Waals surface area contributed by atoms with Crippen LogP contribution in [0, 0.1) is 5.82 Å². The number of thiocarbonyl (C=S) groups is 1. The zero-order chi connectivity index (χ0) is 14.7. The van der Waals surface area contributed by atoms with E-state index in [9.17, 15) is 4.39 Å². The fraction of sp³-hybridized carbons (Fsp3) is 0.533. The Hall–Kier alpha value is -1.04. The van der Waals surface area contributed by atoms with Gasteiger partial charge in [0.05, 0.1) is 11.0 Å². The van der Waals surface area contributed by atoms with Gasteiger partial charge in [0.2, 0.25) is 0 Å². The van der Waals surface area contributed by atoms with Gasteiger partial charge in [0, 0.05) is 6.04 Å². The summed E-state index contributed by atoms with van der Waals surface area (Å²) >= 11 is 5.21. The summed E-state index contributed by atoms with van der Waals surface area (Å²) < 4.78 is 13.4. The molecule has 0 aliphatic carbocycles. The molecule has 5 heteroatoms. The van der Waals surface area contributed by atoms with E-state index in [1.54, 1.807) is 6.07 Å². The van der Waals surface area contributed by atoms with Crippen LogP contribution in [0.15, 0.2) is 24.3 Å². The summed E-state index contributed by atoms with van der Waals surface area (Å²) in [5.41, 5.74) is 6.74. The average molecular weight is 295 g/mol. The van der Waals surface area contributed by atoms with Crippen molar-refractivity contribution in [2.24, 2.45) is 5.73 Å². The zero-order valence-electron chi connectivity index (χ0n) is 12.1. The molecule has 20 heavy (non-hydrogen) atoms. The largest absolute Gasteiger partial charge is 0.392 e. The van der Waals surface area contributed by atoms with Crippen LogP contribution >= 0.6 is 12.2 Å². The molecular formula is C15H22FN3S. The summed E-state index contributed by atoms with van der Waals surface area (Å²) in [6, 6.07) is 6.79. The van der Waals surface area contributed by atoms with Crippen LogP contribution in [-0.4, -0.2) is 48.0 Å². The third-order valence-corrected chi connectivity index (χ3v) is 4.33. The van der Waals surface area contributed by atoms with Crippen molar-refractivity contribution in [3.8, 4) is 0 Å². The Morgan fingerprint density at radius 1 is 1.45 bits per heavy atom. The standard InChI is InChI=1S/C15H22FN3S/c1-18-8-6-13(7-9-18)19(2)14(15(17)20)11-4-3-5-12(16)10-11/h3-5,10,13-14H,6-9H2,1-2H3,(H2,17,20). The van der Waals surface area contributed by atoms with E-state index in [2.05, 4.69) is 16.8 Å². The molecule has 1 aliphatic heterocycles. The van der Waals surface area contributed by atoms with Gasteiger partial charge in [0.15, 0.2) is 0 Å². The summed E-state index contributed by atoms with van der Waals surface area (Å²) in [6.07, 6.45) is 2.17. The number of hydrogen-bond donors (Lipinski definition) is 1. The van der Waals surface area contributed by atoms with Gasteiger partial charge in [-0.15, -0.1) is 0 Å². The van der Waals surface area contributed by atoms with Crippen molar-refractivity contribution < 1.29 is 4.39 Å². The molecule has 3 nitrogen and oxygen atoms in total. The molecule has 2 rings (SSSR count). The van der Waals surface area contributed by atoms with E-state index in [1.807, 2.05) is 13.1 Å². The first-order chi connectivity index (χ1) is 9.49. The Labute approximate surface area is 125 Å². The fourth-order valence-electron chi connectivity index (χ4n) is 2.89. The second-order valence-electron chi connectivity index (χ2n) is 5.56. The SMILES string of the molecule is CN1CCC(N(C)C(C(N)=S)c2cccc(F)c2)CC1. The monoisotopic (exact) mass is 295 g/mol. The minimum atomic E-state index is -0.250. The van der Waals surface area contributed by atoms with Crippen molar-refractivity contribution in [2.45, 2.75) is 24.9 Å². The highest BCUT2D eigenvalue weighted by atomic mass is 32.1. The lowest BCUT2D eigenvalue weighted by atomic mass is 9.98. The molecule has 0 radical (unpaired) electrons. The van der Waals surface area contributed by atoms with E-state index in [-0.39, 0.29) is 11.9 Å². The maximum Gasteiger partial charge on any atom is 0.123 e. The number of nitrogens with zero attached hydrogens (tertiary/aromatic N) is 2. The molecule has 2 N–H and O–H groups in total. The fourth-order valence-corrected chi connectivity index (χ4v) is 3.19. The molecule has 1 saturated heterocycles. The number of halogens is 1. The number of nitrogens with two attached hydrogens (primary N) is 1. The molecule has 1 aliphatic rings. The number of likely N-dealkylation sites (tertiary alicyclic amines) is 1. The molecule has 1 fully saturated rings. The molecule has 1 aromatic rings. The van der Waals surface area contributed by atoms with E-state index in [4.69, 9.17) is 18.0 Å². The van der Waals surface area contributed by atoms with Crippen LogP contribution in [0.2, 0.25) is 0 Å². The highest BCUT2D eigenvalue weighted by molar-refractivity contribution is 7.80. The quantitative estimate of drug-likeness (QED) is 0.863. The Bertz CT molecular complexity index is 472. The van der Waals surface area contributed by atoms with Gasteiger partial charge in [0.25, 0.3) is 0 Å². The van der Waals surface area contributed by atoms with Crippen LogP contribution in [0.4, 0.5) is 4.39 Å². The van der Waals surface area contributed by atoms with E-state index in [0.29, 0.717) is 11.0 Å². The Kier molecular flexibility index (Phi) is 5.07. The average Bonchev–Trinajstić information content (AvgIpc) is 2.39. The normalized spacial score (nSPS) is 19.2. The van der Waals surface area contributed by atoms with E-state index >= 15 is 0 Å². The molecule has 110 valence electrons. The van der Waals surface area contributed by atoms with Crippen LogP contribution in [-0.2, 0) is 0 Å². The molecular weight excluding hydrogens is 273 g/mol. The molecule has 0 amide bonds. The summed E-state index contributed by atoms with van der Waals surface area (Å²) in [6.45, 7) is 2.14. The lowest BCUT2D eigenvalue weighted by Crippen LogP contribution is -2.46. The highest BCUT2D eigenvalue weighted by Crippen LogP contribution is 2.26. The summed E-state index contributed by atoms with van der Waals surface area (Å²) in [5.74, 6) is -0.250. The first kappa shape index (κ1) is 15.4. The third-order valence-electron chi connectivity index (χ3n) is 4.11. The lowest BCUT2D eigenvalue weighted by molar-refractivity contribution is 0.130. The van der Waals surface area contributed by atoms with Gasteiger partial charge in [0.1, 0.15) is 5.82 Å². The van der Waals surface area contributed by atoms with Crippen molar-refractivity contribution in [1.29, 1.82) is 0 Å². The molecule has 1 unspecified atom stereocenters. The van der Waals surface area contributed by atoms with Crippen LogP contribution in [0.3, 0.4) is 0 Å². The minimum Gasteiger partial charge on any atom is -0.392 e. The Morgan fingerprint density at radius 3 is 2.65 bits per heavy atom. The molecule has 0 bridgehead atoms.